The van der Waals surface area contributed by atoms with Crippen LogP contribution in [0, 0.1) is 6.92 Å². The van der Waals surface area contributed by atoms with Crippen LogP contribution in [0.4, 0.5) is 0 Å². The van der Waals surface area contributed by atoms with E-state index in [-0.39, 0.29) is 0 Å². The lowest BCUT2D eigenvalue weighted by atomic mass is 10.2. The molecular weight excluding hydrogens is 224 g/mol. The average Bonchev–Trinajstić information content (AvgIpc) is 2.92. The van der Waals surface area contributed by atoms with Crippen LogP contribution in [-0.2, 0) is 13.5 Å². The van der Waals surface area contributed by atoms with Crippen molar-refractivity contribution in [2.24, 2.45) is 7.05 Å². The molecule has 0 fully saturated rings. The summed E-state index contributed by atoms with van der Waals surface area (Å²) < 4.78 is 1.84. The molecule has 0 saturated carbocycles. The Morgan fingerprint density at radius 1 is 1.33 bits per heavy atom. The van der Waals surface area contributed by atoms with Crippen molar-refractivity contribution in [3.63, 3.8) is 0 Å². The summed E-state index contributed by atoms with van der Waals surface area (Å²) in [5.41, 5.74) is 5.48. The third-order valence-corrected chi connectivity index (χ3v) is 3.21. The van der Waals surface area contributed by atoms with E-state index >= 15 is 0 Å². The van der Waals surface area contributed by atoms with Gasteiger partial charge >= 0.3 is 0 Å². The van der Waals surface area contributed by atoms with Crippen LogP contribution in [0.1, 0.15) is 18.2 Å². The standard InChI is InChI=1S/C14H16N4/c1-4-11-10(8-18(3)17-11)14-15-12-7-5-6-9(2)13(12)16-14/h5-8H,4H2,1-3H3,(H,15,16). The summed E-state index contributed by atoms with van der Waals surface area (Å²) in [7, 11) is 1.94. The van der Waals surface area contributed by atoms with Gasteiger partial charge < -0.3 is 4.98 Å². The van der Waals surface area contributed by atoms with E-state index in [1.165, 1.54) is 5.56 Å². The van der Waals surface area contributed by atoms with E-state index in [2.05, 4.69) is 36.1 Å². The highest BCUT2D eigenvalue weighted by Gasteiger charge is 2.13. The maximum Gasteiger partial charge on any atom is 0.141 e. The number of aromatic amines is 1. The highest BCUT2D eigenvalue weighted by molar-refractivity contribution is 5.82. The van der Waals surface area contributed by atoms with E-state index in [9.17, 15) is 0 Å². The van der Waals surface area contributed by atoms with Crippen LogP contribution in [-0.4, -0.2) is 19.7 Å². The molecule has 0 aliphatic carbocycles. The highest BCUT2D eigenvalue weighted by atomic mass is 15.3. The van der Waals surface area contributed by atoms with Gasteiger partial charge in [-0.15, -0.1) is 0 Å². The van der Waals surface area contributed by atoms with Crippen molar-refractivity contribution in [1.82, 2.24) is 19.7 Å². The maximum absolute atomic E-state index is 4.70. The average molecular weight is 240 g/mol. The number of rotatable bonds is 2. The molecular formula is C14H16N4. The van der Waals surface area contributed by atoms with Gasteiger partial charge in [0.05, 0.1) is 22.3 Å². The minimum absolute atomic E-state index is 0.907. The number of hydrogen-bond acceptors (Lipinski definition) is 2. The molecule has 1 N–H and O–H groups in total. The summed E-state index contributed by atoms with van der Waals surface area (Å²) >= 11 is 0. The lowest BCUT2D eigenvalue weighted by molar-refractivity contribution is 0.746. The minimum atomic E-state index is 0.907. The number of imidazole rings is 1. The molecule has 2 heterocycles. The molecule has 0 saturated heterocycles. The summed E-state index contributed by atoms with van der Waals surface area (Å²) in [6.07, 6.45) is 2.93. The first-order chi connectivity index (χ1) is 8.69. The zero-order chi connectivity index (χ0) is 12.7. The van der Waals surface area contributed by atoms with Gasteiger partial charge in [-0.1, -0.05) is 19.1 Å². The molecule has 4 nitrogen and oxygen atoms in total. The molecule has 3 rings (SSSR count). The third-order valence-electron chi connectivity index (χ3n) is 3.21. The van der Waals surface area contributed by atoms with E-state index in [0.717, 1.165) is 34.5 Å². The predicted molar refractivity (Wildman–Crippen MR) is 72.4 cm³/mol. The van der Waals surface area contributed by atoms with E-state index < -0.39 is 0 Å². The van der Waals surface area contributed by atoms with Gasteiger partial charge in [-0.3, -0.25) is 4.68 Å². The van der Waals surface area contributed by atoms with Crippen molar-refractivity contribution in [2.75, 3.05) is 0 Å². The number of para-hydroxylation sites is 1. The molecule has 1 aromatic carbocycles. The quantitative estimate of drug-likeness (QED) is 0.748. The van der Waals surface area contributed by atoms with Crippen molar-refractivity contribution in [3.05, 3.63) is 35.7 Å². The number of nitrogens with one attached hydrogen (secondary N) is 1. The molecule has 0 aliphatic rings. The molecule has 0 aliphatic heterocycles. The predicted octanol–water partition coefficient (Wildman–Crippen LogP) is 2.83. The number of fused-ring (bicyclic) bond motifs is 1. The van der Waals surface area contributed by atoms with E-state index in [4.69, 9.17) is 4.98 Å². The normalized spacial score (nSPS) is 11.3. The van der Waals surface area contributed by atoms with Gasteiger partial charge in [-0.2, -0.15) is 5.10 Å². The first kappa shape index (κ1) is 11.0. The fourth-order valence-corrected chi connectivity index (χ4v) is 2.30. The van der Waals surface area contributed by atoms with Crippen molar-refractivity contribution in [2.45, 2.75) is 20.3 Å². The number of H-pyrrole nitrogens is 1. The Labute approximate surface area is 106 Å². The molecule has 0 unspecified atom stereocenters. The second-order valence-corrected chi connectivity index (χ2v) is 4.57. The van der Waals surface area contributed by atoms with E-state index in [1.54, 1.807) is 0 Å². The van der Waals surface area contributed by atoms with Gasteiger partial charge in [0, 0.05) is 13.2 Å². The van der Waals surface area contributed by atoms with Crippen LogP contribution in [0.15, 0.2) is 24.4 Å². The first-order valence-electron chi connectivity index (χ1n) is 6.17. The molecule has 2 aromatic heterocycles. The Bertz CT molecular complexity index is 706. The summed E-state index contributed by atoms with van der Waals surface area (Å²) in [6, 6.07) is 6.18. The number of nitrogens with zero attached hydrogens (tertiary/aromatic N) is 3. The lowest BCUT2D eigenvalue weighted by Crippen LogP contribution is -1.89. The molecule has 3 aromatic rings. The Morgan fingerprint density at radius 3 is 2.89 bits per heavy atom. The number of aryl methyl sites for hydroxylation is 3. The second kappa shape index (κ2) is 3.98. The zero-order valence-electron chi connectivity index (χ0n) is 10.9. The zero-order valence-corrected chi connectivity index (χ0v) is 10.9. The monoisotopic (exact) mass is 240 g/mol. The molecule has 0 spiro atoms. The van der Waals surface area contributed by atoms with Crippen molar-refractivity contribution in [1.29, 1.82) is 0 Å². The Kier molecular flexibility index (Phi) is 2.44. The summed E-state index contributed by atoms with van der Waals surface area (Å²) in [6.45, 7) is 4.19. The molecule has 0 bridgehead atoms. The number of benzene rings is 1. The topological polar surface area (TPSA) is 46.5 Å². The van der Waals surface area contributed by atoms with E-state index in [1.807, 2.05) is 24.0 Å². The molecule has 0 atom stereocenters. The SMILES string of the molecule is CCc1nn(C)cc1-c1nc2c(C)cccc2[nH]1. The molecule has 4 heteroatoms. The van der Waals surface area contributed by atoms with Gasteiger partial charge in [0.15, 0.2) is 0 Å². The van der Waals surface area contributed by atoms with Crippen molar-refractivity contribution in [3.8, 4) is 11.4 Å². The maximum atomic E-state index is 4.70. The van der Waals surface area contributed by atoms with Gasteiger partial charge in [0.1, 0.15) is 5.82 Å². The van der Waals surface area contributed by atoms with Gasteiger partial charge in [0.25, 0.3) is 0 Å². The van der Waals surface area contributed by atoms with Crippen LogP contribution >= 0.6 is 0 Å². The Hall–Kier alpha value is -2.10. The van der Waals surface area contributed by atoms with Crippen LogP contribution in [0.2, 0.25) is 0 Å². The fourth-order valence-electron chi connectivity index (χ4n) is 2.30. The van der Waals surface area contributed by atoms with Crippen LogP contribution in [0.3, 0.4) is 0 Å². The summed E-state index contributed by atoms with van der Waals surface area (Å²) in [5, 5.41) is 4.45. The van der Waals surface area contributed by atoms with E-state index in [0.29, 0.717) is 0 Å². The molecule has 0 amide bonds. The lowest BCUT2D eigenvalue weighted by Gasteiger charge is -1.93. The first-order valence-corrected chi connectivity index (χ1v) is 6.17. The second-order valence-electron chi connectivity index (χ2n) is 4.57. The Balaban J connectivity index is 2.22. The number of hydrogen-bond donors (Lipinski definition) is 1. The largest absolute Gasteiger partial charge is 0.338 e. The minimum Gasteiger partial charge on any atom is -0.338 e. The van der Waals surface area contributed by atoms with Gasteiger partial charge in [-0.25, -0.2) is 4.98 Å². The summed E-state index contributed by atoms with van der Waals surface area (Å²) in [4.78, 5) is 8.07. The molecule has 92 valence electrons. The van der Waals surface area contributed by atoms with Crippen LogP contribution < -0.4 is 0 Å². The summed E-state index contributed by atoms with van der Waals surface area (Å²) in [5.74, 6) is 0.907. The van der Waals surface area contributed by atoms with Crippen molar-refractivity contribution < 1.29 is 0 Å². The smallest absolute Gasteiger partial charge is 0.141 e. The van der Waals surface area contributed by atoms with Gasteiger partial charge in [-0.05, 0) is 25.0 Å². The van der Waals surface area contributed by atoms with Gasteiger partial charge in [0.2, 0.25) is 0 Å². The Morgan fingerprint density at radius 2 is 2.17 bits per heavy atom. The van der Waals surface area contributed by atoms with Crippen LogP contribution in [0.25, 0.3) is 22.4 Å². The third kappa shape index (κ3) is 1.61. The fraction of sp³-hybridized carbons (Fsp3) is 0.286. The molecule has 0 radical (unpaired) electrons. The van der Waals surface area contributed by atoms with Crippen LogP contribution in [0.5, 0.6) is 0 Å². The number of aromatic nitrogens is 4. The highest BCUT2D eigenvalue weighted by Crippen LogP contribution is 2.24. The van der Waals surface area contributed by atoms with Crippen molar-refractivity contribution >= 4 is 11.0 Å². The molecule has 18 heavy (non-hydrogen) atoms.